The molecule has 3 rings (SSSR count). The van der Waals surface area contributed by atoms with Crippen molar-refractivity contribution in [3.8, 4) is 0 Å². The fourth-order valence-corrected chi connectivity index (χ4v) is 5.84. The van der Waals surface area contributed by atoms with Crippen LogP contribution in [0.2, 0.25) is 0 Å². The molecule has 1 aliphatic rings. The molecule has 1 fully saturated rings. The van der Waals surface area contributed by atoms with Crippen molar-refractivity contribution >= 4 is 17.7 Å². The third kappa shape index (κ3) is 6.73. The summed E-state index contributed by atoms with van der Waals surface area (Å²) in [5.74, 6) is -1.61. The molecular formula is C31H44F2N4O4. The van der Waals surface area contributed by atoms with Crippen molar-refractivity contribution in [1.29, 1.82) is 0 Å². The van der Waals surface area contributed by atoms with Gasteiger partial charge in [0.2, 0.25) is 0 Å². The van der Waals surface area contributed by atoms with E-state index in [9.17, 15) is 23.2 Å². The van der Waals surface area contributed by atoms with Crippen LogP contribution in [0, 0.1) is 32.4 Å². The van der Waals surface area contributed by atoms with Crippen LogP contribution < -0.4 is 15.8 Å². The van der Waals surface area contributed by atoms with Gasteiger partial charge in [-0.3, -0.25) is 9.59 Å². The van der Waals surface area contributed by atoms with Crippen LogP contribution in [0.5, 0.6) is 0 Å². The van der Waals surface area contributed by atoms with Gasteiger partial charge in [0.15, 0.2) is 0 Å². The van der Waals surface area contributed by atoms with Crippen LogP contribution in [0.3, 0.4) is 0 Å². The number of hydrogen-bond donors (Lipinski definition) is 1. The third-order valence-corrected chi connectivity index (χ3v) is 8.05. The molecule has 0 radical (unpaired) electrons. The Balaban J connectivity index is 1.86. The van der Waals surface area contributed by atoms with Crippen LogP contribution in [-0.4, -0.2) is 51.7 Å². The molecule has 0 spiro atoms. The highest BCUT2D eigenvalue weighted by Gasteiger charge is 2.38. The summed E-state index contributed by atoms with van der Waals surface area (Å²) >= 11 is 0. The van der Waals surface area contributed by atoms with E-state index < -0.39 is 28.7 Å². The van der Waals surface area contributed by atoms with Crippen molar-refractivity contribution in [2.75, 3.05) is 11.4 Å². The molecule has 2 aromatic rings. The zero-order valence-electron chi connectivity index (χ0n) is 25.9. The summed E-state index contributed by atoms with van der Waals surface area (Å²) < 4.78 is 36.4. The van der Waals surface area contributed by atoms with Gasteiger partial charge in [0.05, 0.1) is 5.69 Å². The summed E-state index contributed by atoms with van der Waals surface area (Å²) in [5.41, 5.74) is 0.894. The molecule has 1 N–H and O–H groups in total. The predicted molar refractivity (Wildman–Crippen MR) is 156 cm³/mol. The standard InChI is InChI=1S/C31H44F2N4O4/c1-11-36(23-12-17(2)37(18(3)13-23)30(40)41-31(7,8)9)26-15-22(32)14-24(19(26)4)28(38)34-16-25-20(5)27(33)21(6)35(10)29(25)39/h14-15,17-18,23H,11-13,16H2,1-10H3,(H,34,38)/t17-,18?,23?/m1/s1. The second kappa shape index (κ2) is 12.2. The first-order valence-electron chi connectivity index (χ1n) is 14.2. The molecule has 2 amide bonds. The van der Waals surface area contributed by atoms with Gasteiger partial charge in [-0.25, -0.2) is 13.6 Å². The number of aromatic nitrogens is 1. The normalized spacial score (nSPS) is 19.2. The van der Waals surface area contributed by atoms with Gasteiger partial charge < -0.3 is 24.4 Å². The second-order valence-electron chi connectivity index (χ2n) is 12.1. The summed E-state index contributed by atoms with van der Waals surface area (Å²) in [7, 11) is 1.48. The molecule has 0 aliphatic carbocycles. The van der Waals surface area contributed by atoms with Gasteiger partial charge in [-0.05, 0) is 98.4 Å². The van der Waals surface area contributed by atoms with Crippen molar-refractivity contribution in [1.82, 2.24) is 14.8 Å². The Morgan fingerprint density at radius 2 is 1.66 bits per heavy atom. The quantitative estimate of drug-likeness (QED) is 0.491. The molecule has 0 bridgehead atoms. The van der Waals surface area contributed by atoms with E-state index in [1.807, 2.05) is 41.5 Å². The molecule has 2 unspecified atom stereocenters. The number of nitrogens with one attached hydrogen (secondary N) is 1. The number of anilines is 1. The first-order chi connectivity index (χ1) is 19.0. The van der Waals surface area contributed by atoms with E-state index in [1.54, 1.807) is 11.8 Å². The molecule has 2 heterocycles. The number of hydrogen-bond acceptors (Lipinski definition) is 5. The maximum absolute atomic E-state index is 15.0. The highest BCUT2D eigenvalue weighted by Crippen LogP contribution is 2.34. The highest BCUT2D eigenvalue weighted by atomic mass is 19.1. The Kier molecular flexibility index (Phi) is 9.55. The third-order valence-electron chi connectivity index (χ3n) is 8.05. The second-order valence-corrected chi connectivity index (χ2v) is 12.1. The van der Waals surface area contributed by atoms with Crippen LogP contribution in [0.1, 0.15) is 87.1 Å². The van der Waals surface area contributed by atoms with Crippen LogP contribution in [0.4, 0.5) is 19.3 Å². The van der Waals surface area contributed by atoms with Crippen molar-refractivity contribution in [3.63, 3.8) is 0 Å². The molecule has 1 aromatic heterocycles. The van der Waals surface area contributed by atoms with Gasteiger partial charge in [0.1, 0.15) is 17.2 Å². The Bertz CT molecular complexity index is 1370. The smallest absolute Gasteiger partial charge is 0.410 e. The summed E-state index contributed by atoms with van der Waals surface area (Å²) in [6.45, 7) is 16.6. The number of piperidine rings is 1. The first kappa shape index (κ1) is 32.1. The number of carbonyl (C=O) groups excluding carboxylic acids is 2. The van der Waals surface area contributed by atoms with Gasteiger partial charge in [-0.1, -0.05) is 0 Å². The summed E-state index contributed by atoms with van der Waals surface area (Å²) in [5, 5.41) is 2.69. The Hall–Kier alpha value is -3.43. The number of nitrogens with zero attached hydrogens (tertiary/aromatic N) is 3. The number of ether oxygens (including phenoxy) is 1. The number of halogens is 2. The van der Waals surface area contributed by atoms with Gasteiger partial charge in [-0.2, -0.15) is 0 Å². The van der Waals surface area contributed by atoms with E-state index in [1.165, 1.54) is 37.6 Å². The lowest BCUT2D eigenvalue weighted by atomic mass is 9.90. The first-order valence-corrected chi connectivity index (χ1v) is 14.2. The maximum atomic E-state index is 15.0. The number of likely N-dealkylation sites (tertiary alicyclic amines) is 1. The summed E-state index contributed by atoms with van der Waals surface area (Å²) in [4.78, 5) is 42.7. The molecular weight excluding hydrogens is 530 g/mol. The van der Waals surface area contributed by atoms with Crippen molar-refractivity contribution in [3.05, 3.63) is 62.1 Å². The fraction of sp³-hybridized carbons (Fsp3) is 0.581. The summed E-state index contributed by atoms with van der Waals surface area (Å²) in [6.07, 6.45) is 0.950. The average Bonchev–Trinajstić information content (AvgIpc) is 2.86. The van der Waals surface area contributed by atoms with E-state index in [-0.39, 0.29) is 53.1 Å². The molecule has 3 atom stereocenters. The molecule has 1 saturated heterocycles. The topological polar surface area (TPSA) is 83.9 Å². The SMILES string of the molecule is CCN(c1cc(F)cc(C(=O)NCc2c(C)c(F)c(C)n(C)c2=O)c1C)C1CC(C)N(C(=O)OC(C)(C)C)[C@H](C)C1. The zero-order chi connectivity index (χ0) is 31.0. The van der Waals surface area contributed by atoms with E-state index in [2.05, 4.69) is 10.2 Å². The minimum atomic E-state index is -0.599. The monoisotopic (exact) mass is 574 g/mol. The lowest BCUT2D eigenvalue weighted by Crippen LogP contribution is -2.56. The van der Waals surface area contributed by atoms with Gasteiger partial charge in [0.25, 0.3) is 11.5 Å². The van der Waals surface area contributed by atoms with Gasteiger partial charge in [-0.15, -0.1) is 0 Å². The number of pyridine rings is 1. The van der Waals surface area contributed by atoms with Crippen LogP contribution in [-0.2, 0) is 18.3 Å². The molecule has 41 heavy (non-hydrogen) atoms. The highest BCUT2D eigenvalue weighted by molar-refractivity contribution is 5.97. The van der Waals surface area contributed by atoms with E-state index >= 15 is 0 Å². The minimum absolute atomic E-state index is 0.00121. The van der Waals surface area contributed by atoms with E-state index in [0.717, 1.165) is 0 Å². The van der Waals surface area contributed by atoms with Crippen LogP contribution >= 0.6 is 0 Å². The number of rotatable bonds is 6. The number of amides is 2. The van der Waals surface area contributed by atoms with Crippen molar-refractivity contribution < 1.29 is 23.1 Å². The van der Waals surface area contributed by atoms with Crippen molar-refractivity contribution in [2.45, 2.75) is 105 Å². The van der Waals surface area contributed by atoms with Gasteiger partial charge >= 0.3 is 6.09 Å². The zero-order valence-corrected chi connectivity index (χ0v) is 25.9. The van der Waals surface area contributed by atoms with Crippen molar-refractivity contribution in [2.24, 2.45) is 7.05 Å². The number of carbonyl (C=O) groups is 2. The van der Waals surface area contributed by atoms with E-state index in [0.29, 0.717) is 30.6 Å². The largest absolute Gasteiger partial charge is 0.444 e. The Morgan fingerprint density at radius 1 is 1.07 bits per heavy atom. The lowest BCUT2D eigenvalue weighted by Gasteiger charge is -2.47. The van der Waals surface area contributed by atoms with Crippen LogP contribution in [0.15, 0.2) is 16.9 Å². The molecule has 226 valence electrons. The predicted octanol–water partition coefficient (Wildman–Crippen LogP) is 5.52. The Morgan fingerprint density at radius 3 is 2.20 bits per heavy atom. The van der Waals surface area contributed by atoms with E-state index in [4.69, 9.17) is 4.74 Å². The summed E-state index contributed by atoms with van der Waals surface area (Å²) in [6, 6.07) is 2.40. The average molecular weight is 575 g/mol. The fourth-order valence-electron chi connectivity index (χ4n) is 5.84. The lowest BCUT2D eigenvalue weighted by molar-refractivity contribution is -0.00252. The molecule has 1 aliphatic heterocycles. The maximum Gasteiger partial charge on any atom is 0.410 e. The molecule has 1 aromatic carbocycles. The molecule has 10 heteroatoms. The number of benzene rings is 1. The van der Waals surface area contributed by atoms with Crippen LogP contribution in [0.25, 0.3) is 0 Å². The molecule has 8 nitrogen and oxygen atoms in total. The Labute approximate surface area is 241 Å². The molecule has 0 saturated carbocycles. The minimum Gasteiger partial charge on any atom is -0.444 e. The van der Waals surface area contributed by atoms with Gasteiger partial charge in [0, 0.05) is 55.1 Å².